The lowest BCUT2D eigenvalue weighted by Crippen LogP contribution is -2.27. The fraction of sp³-hybridized carbons (Fsp3) is 0.875. The van der Waals surface area contributed by atoms with E-state index in [9.17, 15) is 4.79 Å². The lowest BCUT2D eigenvalue weighted by molar-refractivity contribution is -0.143. The fourth-order valence-electron chi connectivity index (χ4n) is 0.615. The van der Waals surface area contributed by atoms with Gasteiger partial charge < -0.3 is 10.1 Å². The summed E-state index contributed by atoms with van der Waals surface area (Å²) in [6.45, 7) is 7.12. The maximum Gasteiger partial charge on any atom is 0.305 e. The van der Waals surface area contributed by atoms with Gasteiger partial charge in [-0.05, 0) is 0 Å². The summed E-state index contributed by atoms with van der Waals surface area (Å²) >= 11 is 0. The van der Waals surface area contributed by atoms with Crippen LogP contribution in [0.3, 0.4) is 0 Å². The number of nitrogens with one attached hydrogen (secondary N) is 1. The Bertz CT molecular complexity index is 113. The molecule has 0 unspecified atom stereocenters. The Kier molecular flexibility index (Phi) is 5.84. The Morgan fingerprint density at radius 1 is 1.55 bits per heavy atom. The summed E-state index contributed by atoms with van der Waals surface area (Å²) in [7, 11) is 0. The molecule has 11 heavy (non-hydrogen) atoms. The second-order valence-electron chi connectivity index (χ2n) is 2.68. The van der Waals surface area contributed by atoms with Gasteiger partial charge in [-0.25, -0.2) is 0 Å². The van der Waals surface area contributed by atoms with Crippen LogP contribution in [-0.4, -0.2) is 25.2 Å². The maximum absolute atomic E-state index is 10.6. The molecule has 0 radical (unpaired) electrons. The normalized spacial score (nSPS) is 10.2. The van der Waals surface area contributed by atoms with Crippen molar-refractivity contribution < 1.29 is 9.53 Å². The molecule has 0 atom stereocenters. The van der Waals surface area contributed by atoms with Crippen molar-refractivity contribution in [2.75, 3.05) is 13.2 Å². The van der Waals surface area contributed by atoms with Crippen molar-refractivity contribution >= 4 is 5.97 Å². The van der Waals surface area contributed by atoms with E-state index in [0.717, 1.165) is 6.54 Å². The largest absolute Gasteiger partial charge is 0.464 e. The molecule has 0 bridgehead atoms. The molecule has 0 aromatic rings. The second kappa shape index (κ2) is 6.16. The lowest BCUT2D eigenvalue weighted by Gasteiger charge is -2.07. The van der Waals surface area contributed by atoms with Gasteiger partial charge in [0.1, 0.15) is 6.61 Å². The van der Waals surface area contributed by atoms with Gasteiger partial charge in [0.05, 0.1) is 0 Å². The molecule has 0 aromatic carbocycles. The molecule has 0 amide bonds. The molecule has 0 heterocycles. The quantitative estimate of drug-likeness (QED) is 0.479. The summed E-state index contributed by atoms with van der Waals surface area (Å²) in [5, 5.41) is 3.15. The highest BCUT2D eigenvalue weighted by Crippen LogP contribution is 1.83. The molecule has 0 aliphatic heterocycles. The molecule has 3 nitrogen and oxygen atoms in total. The second-order valence-corrected chi connectivity index (χ2v) is 2.68. The molecule has 0 aliphatic rings. The molecule has 3 heteroatoms. The third-order valence-corrected chi connectivity index (χ3v) is 1.21. The van der Waals surface area contributed by atoms with Gasteiger partial charge in [-0.15, -0.1) is 0 Å². The van der Waals surface area contributed by atoms with E-state index >= 15 is 0 Å². The number of hydrogen-bond donors (Lipinski definition) is 1. The highest BCUT2D eigenvalue weighted by Gasteiger charge is 1.97. The number of esters is 1. The lowest BCUT2D eigenvalue weighted by atomic mass is 10.4. The predicted octanol–water partition coefficient (Wildman–Crippen LogP) is 0.938. The molecular weight excluding hydrogens is 142 g/mol. The van der Waals surface area contributed by atoms with Crippen LogP contribution in [0.2, 0.25) is 0 Å². The predicted molar refractivity (Wildman–Crippen MR) is 44.4 cm³/mol. The smallest absolute Gasteiger partial charge is 0.305 e. The molecular formula is C8H17NO2. The summed E-state index contributed by atoms with van der Waals surface area (Å²) in [5.41, 5.74) is 0. The van der Waals surface area contributed by atoms with E-state index in [1.54, 1.807) is 6.92 Å². The minimum atomic E-state index is -0.129. The summed E-state index contributed by atoms with van der Waals surface area (Å²) < 4.78 is 4.84. The van der Waals surface area contributed by atoms with Crippen LogP contribution < -0.4 is 5.32 Å². The van der Waals surface area contributed by atoms with Crippen LogP contribution in [-0.2, 0) is 9.53 Å². The van der Waals surface area contributed by atoms with Gasteiger partial charge in [0.15, 0.2) is 0 Å². The van der Waals surface area contributed by atoms with Crippen LogP contribution in [0.25, 0.3) is 0 Å². The summed E-state index contributed by atoms with van der Waals surface area (Å²) in [6.07, 6.45) is 0.460. The third kappa shape index (κ3) is 7.33. The maximum atomic E-state index is 10.6. The molecule has 66 valence electrons. The van der Waals surface area contributed by atoms with Crippen LogP contribution >= 0.6 is 0 Å². The van der Waals surface area contributed by atoms with Crippen LogP contribution in [0.4, 0.5) is 0 Å². The number of hydrogen-bond acceptors (Lipinski definition) is 3. The van der Waals surface area contributed by atoms with Crippen LogP contribution in [0.5, 0.6) is 0 Å². The average molecular weight is 159 g/mol. The number of rotatable bonds is 5. The number of carbonyl (C=O) groups is 1. The van der Waals surface area contributed by atoms with Crippen molar-refractivity contribution in [3.63, 3.8) is 0 Å². The minimum Gasteiger partial charge on any atom is -0.464 e. The Hall–Kier alpha value is -0.570. The zero-order valence-corrected chi connectivity index (χ0v) is 7.52. The molecule has 0 saturated heterocycles. The molecule has 0 rings (SSSR count). The molecule has 0 aliphatic carbocycles. The molecule has 0 spiro atoms. The van der Waals surface area contributed by atoms with E-state index in [1.165, 1.54) is 0 Å². The molecule has 1 N–H and O–H groups in total. The first-order valence-corrected chi connectivity index (χ1v) is 4.05. The van der Waals surface area contributed by atoms with Gasteiger partial charge in [-0.3, -0.25) is 4.79 Å². The zero-order valence-electron chi connectivity index (χ0n) is 7.52. The first kappa shape index (κ1) is 10.4. The van der Waals surface area contributed by atoms with Crippen molar-refractivity contribution in [3.05, 3.63) is 0 Å². The van der Waals surface area contributed by atoms with Crippen LogP contribution in [0.1, 0.15) is 27.2 Å². The van der Waals surface area contributed by atoms with Crippen molar-refractivity contribution in [1.82, 2.24) is 5.32 Å². The Balaban J connectivity index is 3.08. The average Bonchev–Trinajstić information content (AvgIpc) is 1.97. The summed E-state index contributed by atoms with van der Waals surface area (Å²) in [6, 6.07) is 0.454. The minimum absolute atomic E-state index is 0.129. The van der Waals surface area contributed by atoms with Gasteiger partial charge in [0, 0.05) is 19.0 Å². The Labute approximate surface area is 68.1 Å². The van der Waals surface area contributed by atoms with Gasteiger partial charge in [0.2, 0.25) is 0 Å². The zero-order chi connectivity index (χ0) is 8.69. The van der Waals surface area contributed by atoms with E-state index in [0.29, 0.717) is 19.1 Å². The Morgan fingerprint density at radius 3 is 2.64 bits per heavy atom. The number of ether oxygens (including phenoxy) is 1. The van der Waals surface area contributed by atoms with Gasteiger partial charge in [-0.1, -0.05) is 20.8 Å². The van der Waals surface area contributed by atoms with Crippen LogP contribution in [0, 0.1) is 0 Å². The van der Waals surface area contributed by atoms with Gasteiger partial charge in [-0.2, -0.15) is 0 Å². The SMILES string of the molecule is CCC(=O)OCCNC(C)C. The number of carbonyl (C=O) groups excluding carboxylic acids is 1. The van der Waals surface area contributed by atoms with Crippen molar-refractivity contribution in [1.29, 1.82) is 0 Å². The van der Waals surface area contributed by atoms with E-state index in [2.05, 4.69) is 19.2 Å². The van der Waals surface area contributed by atoms with Crippen LogP contribution in [0.15, 0.2) is 0 Å². The standard InChI is InChI=1S/C8H17NO2/c1-4-8(10)11-6-5-9-7(2)3/h7,9H,4-6H2,1-3H3. The highest BCUT2D eigenvalue weighted by molar-refractivity contribution is 5.68. The van der Waals surface area contributed by atoms with Crippen molar-refractivity contribution in [3.8, 4) is 0 Å². The molecule has 0 fully saturated rings. The molecule has 0 saturated carbocycles. The highest BCUT2D eigenvalue weighted by atomic mass is 16.5. The first-order chi connectivity index (χ1) is 5.16. The third-order valence-electron chi connectivity index (χ3n) is 1.21. The Morgan fingerprint density at radius 2 is 2.18 bits per heavy atom. The fourth-order valence-corrected chi connectivity index (χ4v) is 0.615. The van der Waals surface area contributed by atoms with E-state index in [4.69, 9.17) is 4.74 Å². The summed E-state index contributed by atoms with van der Waals surface area (Å²) in [5.74, 6) is -0.129. The van der Waals surface area contributed by atoms with Gasteiger partial charge in [0.25, 0.3) is 0 Å². The van der Waals surface area contributed by atoms with Crippen molar-refractivity contribution in [2.24, 2.45) is 0 Å². The van der Waals surface area contributed by atoms with Gasteiger partial charge >= 0.3 is 5.97 Å². The van der Waals surface area contributed by atoms with Crippen molar-refractivity contribution in [2.45, 2.75) is 33.2 Å². The molecule has 0 aromatic heterocycles. The monoisotopic (exact) mass is 159 g/mol. The van der Waals surface area contributed by atoms with E-state index in [1.807, 2.05) is 0 Å². The van der Waals surface area contributed by atoms with E-state index in [-0.39, 0.29) is 5.97 Å². The summed E-state index contributed by atoms with van der Waals surface area (Å²) in [4.78, 5) is 10.6. The topological polar surface area (TPSA) is 38.3 Å². The first-order valence-electron chi connectivity index (χ1n) is 4.05. The van der Waals surface area contributed by atoms with E-state index < -0.39 is 0 Å².